The van der Waals surface area contributed by atoms with Crippen molar-refractivity contribution >= 4 is 11.8 Å². The number of piperazine rings is 1. The van der Waals surface area contributed by atoms with Gasteiger partial charge in [-0.15, -0.1) is 0 Å². The molecule has 0 aromatic rings. The first-order valence-electron chi connectivity index (χ1n) is 7.21. The van der Waals surface area contributed by atoms with E-state index in [0.29, 0.717) is 19.4 Å². The van der Waals surface area contributed by atoms with E-state index in [1.54, 1.807) is 4.90 Å². The molecule has 0 spiro atoms. The number of amides is 2. The molecule has 2 saturated heterocycles. The fourth-order valence-corrected chi connectivity index (χ4v) is 3.05. The second-order valence-electron chi connectivity index (χ2n) is 5.74. The normalized spacial score (nSPS) is 39.6. The van der Waals surface area contributed by atoms with E-state index in [0.717, 1.165) is 6.42 Å². The van der Waals surface area contributed by atoms with Gasteiger partial charge in [0.2, 0.25) is 11.8 Å². The summed E-state index contributed by atoms with van der Waals surface area (Å²) in [7, 11) is 0. The Morgan fingerprint density at radius 1 is 1.42 bits per heavy atom. The molecule has 1 N–H and O–H groups in total. The summed E-state index contributed by atoms with van der Waals surface area (Å²) in [5.74, 6) is -0.00523. The molecule has 0 bridgehead atoms. The van der Waals surface area contributed by atoms with Gasteiger partial charge in [-0.2, -0.15) is 0 Å². The third-order valence-corrected chi connectivity index (χ3v) is 4.53. The molecule has 2 amide bonds. The van der Waals surface area contributed by atoms with Crippen LogP contribution in [-0.4, -0.2) is 47.0 Å². The number of hydrogen-bond acceptors (Lipinski definition) is 3. The molecule has 5 nitrogen and oxygen atoms in total. The van der Waals surface area contributed by atoms with Gasteiger partial charge >= 0.3 is 0 Å². The number of nitrogens with zero attached hydrogens (tertiary/aromatic N) is 1. The summed E-state index contributed by atoms with van der Waals surface area (Å²) >= 11 is 0. The number of rotatable bonds is 3. The van der Waals surface area contributed by atoms with E-state index in [-0.39, 0.29) is 30.0 Å². The van der Waals surface area contributed by atoms with Crippen molar-refractivity contribution in [3.63, 3.8) is 0 Å². The molecule has 2 heterocycles. The molecule has 19 heavy (non-hydrogen) atoms. The highest BCUT2D eigenvalue weighted by Crippen LogP contribution is 2.30. The molecule has 0 radical (unpaired) electrons. The van der Waals surface area contributed by atoms with E-state index in [1.807, 2.05) is 27.7 Å². The van der Waals surface area contributed by atoms with Gasteiger partial charge in [0, 0.05) is 6.61 Å². The van der Waals surface area contributed by atoms with Gasteiger partial charge in [-0.25, -0.2) is 0 Å². The van der Waals surface area contributed by atoms with Crippen LogP contribution in [-0.2, 0) is 14.3 Å². The van der Waals surface area contributed by atoms with E-state index in [9.17, 15) is 9.59 Å². The van der Waals surface area contributed by atoms with Crippen LogP contribution in [0.1, 0.15) is 47.0 Å². The number of carbonyl (C=O) groups is 2. The van der Waals surface area contributed by atoms with E-state index in [4.69, 9.17) is 4.74 Å². The third kappa shape index (κ3) is 2.24. The largest absolute Gasteiger partial charge is 0.376 e. The van der Waals surface area contributed by atoms with E-state index in [2.05, 4.69) is 5.32 Å². The molecule has 0 saturated carbocycles. The zero-order valence-corrected chi connectivity index (χ0v) is 12.2. The zero-order valence-electron chi connectivity index (χ0n) is 12.2. The average Bonchev–Trinajstić information content (AvgIpc) is 2.79. The molecule has 2 rings (SSSR count). The van der Waals surface area contributed by atoms with Crippen LogP contribution in [0.4, 0.5) is 0 Å². The lowest BCUT2D eigenvalue weighted by Crippen LogP contribution is -2.71. The van der Waals surface area contributed by atoms with Gasteiger partial charge in [0.05, 0.1) is 12.1 Å². The topological polar surface area (TPSA) is 58.6 Å². The Morgan fingerprint density at radius 3 is 2.58 bits per heavy atom. The minimum Gasteiger partial charge on any atom is -0.376 e. The summed E-state index contributed by atoms with van der Waals surface area (Å²) in [6, 6.07) is -0.337. The van der Waals surface area contributed by atoms with Crippen molar-refractivity contribution in [1.29, 1.82) is 0 Å². The lowest BCUT2D eigenvalue weighted by atomic mass is 9.89. The second kappa shape index (κ2) is 5.12. The Balaban J connectivity index is 2.34. The molecule has 5 heteroatoms. The summed E-state index contributed by atoms with van der Waals surface area (Å²) in [5, 5.41) is 2.89. The smallest absolute Gasteiger partial charge is 0.249 e. The van der Waals surface area contributed by atoms with Crippen molar-refractivity contribution in [1.82, 2.24) is 10.2 Å². The molecular weight excluding hydrogens is 244 g/mol. The zero-order chi connectivity index (χ0) is 14.2. The maximum absolute atomic E-state index is 12.8. The molecular formula is C14H24N2O3. The fraction of sp³-hybridized carbons (Fsp3) is 0.857. The predicted molar refractivity (Wildman–Crippen MR) is 71.6 cm³/mol. The molecule has 2 fully saturated rings. The molecule has 4 unspecified atom stereocenters. The van der Waals surface area contributed by atoms with Crippen LogP contribution >= 0.6 is 0 Å². The average molecular weight is 268 g/mol. The van der Waals surface area contributed by atoms with E-state index >= 15 is 0 Å². The summed E-state index contributed by atoms with van der Waals surface area (Å²) in [6.07, 6.45) is 2.06. The maximum atomic E-state index is 12.8. The van der Waals surface area contributed by atoms with Crippen LogP contribution in [0.5, 0.6) is 0 Å². The second-order valence-corrected chi connectivity index (χ2v) is 5.74. The minimum atomic E-state index is -0.773. The van der Waals surface area contributed by atoms with Gasteiger partial charge in [0.1, 0.15) is 11.6 Å². The highest BCUT2D eigenvalue weighted by molar-refractivity contribution is 5.99. The fourth-order valence-electron chi connectivity index (χ4n) is 3.05. The van der Waals surface area contributed by atoms with Crippen LogP contribution in [0.3, 0.4) is 0 Å². The van der Waals surface area contributed by atoms with E-state index < -0.39 is 5.54 Å². The predicted octanol–water partition coefficient (Wildman–Crippen LogP) is 1.07. The van der Waals surface area contributed by atoms with Crippen molar-refractivity contribution in [3.05, 3.63) is 0 Å². The van der Waals surface area contributed by atoms with Crippen molar-refractivity contribution in [3.8, 4) is 0 Å². The maximum Gasteiger partial charge on any atom is 0.249 e. The lowest BCUT2D eigenvalue weighted by molar-refractivity contribution is -0.158. The number of nitrogens with one attached hydrogen (secondary N) is 1. The molecule has 0 aromatic heterocycles. The summed E-state index contributed by atoms with van der Waals surface area (Å²) in [4.78, 5) is 26.8. The van der Waals surface area contributed by atoms with Gasteiger partial charge in [0.25, 0.3) is 0 Å². The Kier molecular flexibility index (Phi) is 3.85. The Labute approximate surface area is 114 Å². The first kappa shape index (κ1) is 14.3. The molecule has 2 aliphatic rings. The molecule has 4 atom stereocenters. The number of hydrogen-bond donors (Lipinski definition) is 1. The van der Waals surface area contributed by atoms with Gasteiger partial charge < -0.3 is 15.0 Å². The van der Waals surface area contributed by atoms with Crippen LogP contribution in [0, 0.1) is 0 Å². The Morgan fingerprint density at radius 2 is 2.11 bits per heavy atom. The lowest BCUT2D eigenvalue weighted by Gasteiger charge is -2.47. The van der Waals surface area contributed by atoms with Crippen LogP contribution < -0.4 is 5.32 Å². The van der Waals surface area contributed by atoms with Crippen molar-refractivity contribution in [2.45, 2.75) is 70.7 Å². The molecule has 108 valence electrons. The summed E-state index contributed by atoms with van der Waals surface area (Å²) in [5.41, 5.74) is -0.773. The molecule has 0 aliphatic carbocycles. The minimum absolute atomic E-state index is 0.00464. The van der Waals surface area contributed by atoms with Crippen LogP contribution in [0.2, 0.25) is 0 Å². The third-order valence-electron chi connectivity index (χ3n) is 4.53. The summed E-state index contributed by atoms with van der Waals surface area (Å²) < 4.78 is 5.57. The monoisotopic (exact) mass is 268 g/mol. The highest BCUT2D eigenvalue weighted by Gasteiger charge is 2.50. The van der Waals surface area contributed by atoms with Gasteiger partial charge in [-0.05, 0) is 33.1 Å². The Hall–Kier alpha value is -1.10. The van der Waals surface area contributed by atoms with Crippen LogP contribution in [0.15, 0.2) is 0 Å². The van der Waals surface area contributed by atoms with Gasteiger partial charge in [-0.1, -0.05) is 13.8 Å². The quantitative estimate of drug-likeness (QED) is 0.833. The van der Waals surface area contributed by atoms with Gasteiger partial charge in [-0.3, -0.25) is 9.59 Å². The van der Waals surface area contributed by atoms with Crippen LogP contribution in [0.25, 0.3) is 0 Å². The number of carbonyl (C=O) groups excluding carboxylic acids is 2. The van der Waals surface area contributed by atoms with Crippen molar-refractivity contribution in [2.24, 2.45) is 0 Å². The van der Waals surface area contributed by atoms with E-state index in [1.165, 1.54) is 0 Å². The van der Waals surface area contributed by atoms with Gasteiger partial charge in [0.15, 0.2) is 0 Å². The first-order chi connectivity index (χ1) is 8.94. The summed E-state index contributed by atoms with van der Waals surface area (Å²) in [6.45, 7) is 8.33. The number of ether oxygens (including phenoxy) is 1. The first-order valence-corrected chi connectivity index (χ1v) is 7.21. The van der Waals surface area contributed by atoms with Crippen molar-refractivity contribution < 1.29 is 14.3 Å². The van der Waals surface area contributed by atoms with Crippen molar-refractivity contribution in [2.75, 3.05) is 6.61 Å². The highest BCUT2D eigenvalue weighted by atomic mass is 16.5. The Bertz CT molecular complexity index is 385. The SMILES string of the molecule is CCC1C(=O)NC(C)(CC)C(=O)N1C1CCOC1C. The standard InChI is InChI=1S/C14H24N2O3/c1-5-10-12(17)15-14(4,6-2)13(18)16(10)11-7-8-19-9(11)3/h9-11H,5-8H2,1-4H3,(H,15,17). The molecule has 0 aromatic carbocycles. The molecule has 2 aliphatic heterocycles.